The molecular formula is C30H35N3O. The van der Waals surface area contributed by atoms with Gasteiger partial charge in [0.05, 0.1) is 0 Å². The fourth-order valence-corrected chi connectivity index (χ4v) is 4.58. The van der Waals surface area contributed by atoms with Crippen molar-refractivity contribution in [3.63, 3.8) is 0 Å². The van der Waals surface area contributed by atoms with E-state index < -0.39 is 0 Å². The molecule has 0 saturated carbocycles. The van der Waals surface area contributed by atoms with E-state index in [0.29, 0.717) is 0 Å². The van der Waals surface area contributed by atoms with Crippen molar-refractivity contribution in [2.24, 2.45) is 0 Å². The molecule has 0 amide bonds. The molecule has 1 aliphatic rings. The number of likely N-dealkylation sites (N-methyl/N-ethyl adjacent to an activating group) is 1. The lowest BCUT2D eigenvalue weighted by molar-refractivity contribution is 0.104. The number of nitrogens with zero attached hydrogens (tertiary/aromatic N) is 3. The Labute approximate surface area is 204 Å². The molecular weight excluding hydrogens is 418 g/mol. The highest BCUT2D eigenvalue weighted by Crippen LogP contribution is 2.31. The molecule has 1 fully saturated rings. The lowest BCUT2D eigenvalue weighted by atomic mass is 9.96. The van der Waals surface area contributed by atoms with Crippen LogP contribution in [0.25, 0.3) is 17.2 Å². The Kier molecular flexibility index (Phi) is 7.61. The maximum Gasteiger partial charge on any atom is 0.186 e. The van der Waals surface area contributed by atoms with Crippen LogP contribution in [0.2, 0.25) is 0 Å². The highest BCUT2D eigenvalue weighted by molar-refractivity contribution is 6.08. The second-order valence-corrected chi connectivity index (χ2v) is 9.47. The number of rotatable bonds is 7. The lowest BCUT2D eigenvalue weighted by Gasteiger charge is -2.35. The van der Waals surface area contributed by atoms with Gasteiger partial charge in [-0.1, -0.05) is 54.6 Å². The SMILES string of the molecule is Cc1ccccc1-c1ccc(N2CCN(C)CC2)c(C=CC(=O)c2ccccc2CN(C)C)c1. The van der Waals surface area contributed by atoms with E-state index in [1.807, 2.05) is 44.4 Å². The smallest absolute Gasteiger partial charge is 0.186 e. The molecule has 0 unspecified atom stereocenters. The number of piperazine rings is 1. The number of hydrogen-bond donors (Lipinski definition) is 0. The van der Waals surface area contributed by atoms with E-state index in [0.717, 1.165) is 49.4 Å². The average Bonchev–Trinajstić information content (AvgIpc) is 2.83. The Hall–Kier alpha value is -3.21. The normalized spacial score (nSPS) is 14.8. The van der Waals surface area contributed by atoms with Gasteiger partial charge >= 0.3 is 0 Å². The van der Waals surface area contributed by atoms with E-state index in [2.05, 4.69) is 71.1 Å². The van der Waals surface area contributed by atoms with Gasteiger partial charge in [0.25, 0.3) is 0 Å². The minimum absolute atomic E-state index is 0.0445. The first kappa shape index (κ1) is 23.9. The molecule has 4 nitrogen and oxygen atoms in total. The Morgan fingerprint density at radius 2 is 1.65 bits per heavy atom. The van der Waals surface area contributed by atoms with Crippen LogP contribution in [0.3, 0.4) is 0 Å². The second-order valence-electron chi connectivity index (χ2n) is 9.47. The summed E-state index contributed by atoms with van der Waals surface area (Å²) in [5, 5.41) is 0. The molecule has 3 aromatic rings. The van der Waals surface area contributed by atoms with Crippen molar-refractivity contribution in [2.75, 3.05) is 52.2 Å². The zero-order valence-corrected chi connectivity index (χ0v) is 20.8. The summed E-state index contributed by atoms with van der Waals surface area (Å²) < 4.78 is 0. The van der Waals surface area contributed by atoms with Gasteiger partial charge in [0.2, 0.25) is 0 Å². The van der Waals surface area contributed by atoms with E-state index >= 15 is 0 Å². The van der Waals surface area contributed by atoms with Crippen molar-refractivity contribution < 1.29 is 4.79 Å². The molecule has 4 rings (SSSR count). The van der Waals surface area contributed by atoms with Crippen LogP contribution in [0.4, 0.5) is 5.69 Å². The Morgan fingerprint density at radius 3 is 2.38 bits per heavy atom. The predicted molar refractivity (Wildman–Crippen MR) is 144 cm³/mol. The van der Waals surface area contributed by atoms with Gasteiger partial charge in [-0.05, 0) is 80.2 Å². The molecule has 3 aromatic carbocycles. The Balaban J connectivity index is 1.70. The number of hydrogen-bond acceptors (Lipinski definition) is 4. The van der Waals surface area contributed by atoms with Gasteiger partial charge in [-0.2, -0.15) is 0 Å². The first-order chi connectivity index (χ1) is 16.4. The van der Waals surface area contributed by atoms with E-state index in [-0.39, 0.29) is 5.78 Å². The van der Waals surface area contributed by atoms with Crippen LogP contribution >= 0.6 is 0 Å². The van der Waals surface area contributed by atoms with Crippen LogP contribution in [0, 0.1) is 6.92 Å². The monoisotopic (exact) mass is 453 g/mol. The van der Waals surface area contributed by atoms with Crippen molar-refractivity contribution in [2.45, 2.75) is 13.5 Å². The number of aryl methyl sites for hydroxylation is 1. The van der Waals surface area contributed by atoms with Gasteiger partial charge in [0, 0.05) is 44.0 Å². The molecule has 0 aromatic heterocycles. The predicted octanol–water partition coefficient (Wildman–Crippen LogP) is 5.37. The largest absolute Gasteiger partial charge is 0.368 e. The van der Waals surface area contributed by atoms with E-state index in [9.17, 15) is 4.79 Å². The summed E-state index contributed by atoms with van der Waals surface area (Å²) >= 11 is 0. The first-order valence-electron chi connectivity index (χ1n) is 12.0. The standard InChI is InChI=1S/C30H35N3O/c1-23-9-5-7-11-27(23)24-13-15-29(33-19-17-32(4)18-20-33)25(21-24)14-16-30(34)28-12-8-6-10-26(28)22-31(2)3/h5-16,21H,17-20,22H2,1-4H3. The maximum absolute atomic E-state index is 13.2. The molecule has 0 bridgehead atoms. The molecule has 0 spiro atoms. The van der Waals surface area contributed by atoms with Gasteiger partial charge in [-0.3, -0.25) is 4.79 Å². The van der Waals surface area contributed by atoms with Crippen LogP contribution < -0.4 is 4.90 Å². The van der Waals surface area contributed by atoms with Crippen LogP contribution in [0.15, 0.2) is 72.8 Å². The Bertz CT molecular complexity index is 1170. The third-order valence-corrected chi connectivity index (χ3v) is 6.51. The number of ketones is 1. The lowest BCUT2D eigenvalue weighted by Crippen LogP contribution is -2.44. The summed E-state index contributed by atoms with van der Waals surface area (Å²) in [6, 6.07) is 23.0. The van der Waals surface area contributed by atoms with Crippen LogP contribution in [0.5, 0.6) is 0 Å². The van der Waals surface area contributed by atoms with Gasteiger partial charge < -0.3 is 14.7 Å². The zero-order chi connectivity index (χ0) is 24.1. The molecule has 0 radical (unpaired) electrons. The topological polar surface area (TPSA) is 26.8 Å². The summed E-state index contributed by atoms with van der Waals surface area (Å²) in [5.74, 6) is 0.0445. The van der Waals surface area contributed by atoms with Crippen molar-refractivity contribution in [1.29, 1.82) is 0 Å². The quantitative estimate of drug-likeness (QED) is 0.355. The van der Waals surface area contributed by atoms with E-state index in [4.69, 9.17) is 0 Å². The third-order valence-electron chi connectivity index (χ3n) is 6.51. The highest BCUT2D eigenvalue weighted by Gasteiger charge is 2.17. The molecule has 4 heteroatoms. The molecule has 1 aliphatic heterocycles. The highest BCUT2D eigenvalue weighted by atomic mass is 16.1. The number of anilines is 1. The maximum atomic E-state index is 13.2. The van der Waals surface area contributed by atoms with Crippen molar-refractivity contribution in [3.05, 3.63) is 95.1 Å². The second kappa shape index (κ2) is 10.8. The van der Waals surface area contributed by atoms with Crippen LogP contribution in [0.1, 0.15) is 27.0 Å². The number of allylic oxidation sites excluding steroid dienone is 1. The summed E-state index contributed by atoms with van der Waals surface area (Å²) in [7, 11) is 6.22. The van der Waals surface area contributed by atoms with Gasteiger partial charge in [-0.15, -0.1) is 0 Å². The molecule has 34 heavy (non-hydrogen) atoms. The summed E-state index contributed by atoms with van der Waals surface area (Å²) in [4.78, 5) is 20.1. The fraction of sp³-hybridized carbons (Fsp3) is 0.300. The minimum atomic E-state index is 0.0445. The third kappa shape index (κ3) is 5.64. The van der Waals surface area contributed by atoms with Gasteiger partial charge in [-0.25, -0.2) is 0 Å². The molecule has 1 heterocycles. The van der Waals surface area contributed by atoms with E-state index in [1.165, 1.54) is 22.4 Å². The minimum Gasteiger partial charge on any atom is -0.368 e. The first-order valence-corrected chi connectivity index (χ1v) is 12.0. The molecule has 176 valence electrons. The number of carbonyl (C=O) groups is 1. The van der Waals surface area contributed by atoms with E-state index in [1.54, 1.807) is 6.08 Å². The zero-order valence-electron chi connectivity index (χ0n) is 20.8. The van der Waals surface area contributed by atoms with Gasteiger partial charge in [0.1, 0.15) is 0 Å². The molecule has 0 atom stereocenters. The van der Waals surface area contributed by atoms with Crippen molar-refractivity contribution in [1.82, 2.24) is 9.80 Å². The summed E-state index contributed by atoms with van der Waals surface area (Å²) in [6.45, 7) is 6.94. The Morgan fingerprint density at radius 1 is 0.941 bits per heavy atom. The van der Waals surface area contributed by atoms with Crippen molar-refractivity contribution >= 4 is 17.5 Å². The van der Waals surface area contributed by atoms with Crippen LogP contribution in [-0.2, 0) is 6.54 Å². The van der Waals surface area contributed by atoms with Crippen LogP contribution in [-0.4, -0.2) is 62.9 Å². The fourth-order valence-electron chi connectivity index (χ4n) is 4.58. The number of carbonyl (C=O) groups excluding carboxylic acids is 1. The summed E-state index contributed by atoms with van der Waals surface area (Å²) in [5.41, 5.74) is 7.75. The summed E-state index contributed by atoms with van der Waals surface area (Å²) in [6.07, 6.45) is 3.75. The van der Waals surface area contributed by atoms with Gasteiger partial charge in [0.15, 0.2) is 5.78 Å². The molecule has 1 saturated heterocycles. The molecule has 0 N–H and O–H groups in total. The van der Waals surface area contributed by atoms with Crippen molar-refractivity contribution in [3.8, 4) is 11.1 Å². The number of benzene rings is 3. The average molecular weight is 454 g/mol. The molecule has 0 aliphatic carbocycles.